The van der Waals surface area contributed by atoms with Gasteiger partial charge in [-0.15, -0.1) is 0 Å². The summed E-state index contributed by atoms with van der Waals surface area (Å²) in [6, 6.07) is 7.95. The van der Waals surface area contributed by atoms with Crippen LogP contribution in [0.5, 0.6) is 0 Å². The Kier molecular flexibility index (Phi) is 4.54. The van der Waals surface area contributed by atoms with Gasteiger partial charge in [-0.3, -0.25) is 0 Å². The van der Waals surface area contributed by atoms with Crippen molar-refractivity contribution in [2.24, 2.45) is 0 Å². The molecule has 0 radical (unpaired) electrons. The largest absolute Gasteiger partial charge is 0.459 e. The van der Waals surface area contributed by atoms with Crippen LogP contribution in [-0.2, 0) is 8.54 Å². The highest BCUT2D eigenvalue weighted by Crippen LogP contribution is 2.06. The van der Waals surface area contributed by atoms with Crippen molar-refractivity contribution in [1.82, 2.24) is 0 Å². The highest BCUT2D eigenvalue weighted by Gasteiger charge is 2.17. The van der Waals surface area contributed by atoms with Gasteiger partial charge in [-0.2, -0.15) is 0 Å². The molecule has 1 saturated heterocycles. The summed E-state index contributed by atoms with van der Waals surface area (Å²) in [6.07, 6.45) is 1.24. The van der Waals surface area contributed by atoms with Crippen LogP contribution in [0.1, 0.15) is 17.5 Å². The Hall–Kier alpha value is -0.209. The van der Waals surface area contributed by atoms with Crippen molar-refractivity contribution >= 4 is 32.8 Å². The molecule has 88 valence electrons. The van der Waals surface area contributed by atoms with Crippen molar-refractivity contribution in [3.63, 3.8) is 0 Å². The van der Waals surface area contributed by atoms with Crippen LogP contribution in [-0.4, -0.2) is 34.2 Å². The lowest BCUT2D eigenvalue weighted by atomic mass is 10.1. The van der Waals surface area contributed by atoms with E-state index in [9.17, 15) is 0 Å². The van der Waals surface area contributed by atoms with Gasteiger partial charge < -0.3 is 8.54 Å². The smallest absolute Gasteiger partial charge is 0.178 e. The van der Waals surface area contributed by atoms with E-state index < -0.39 is 18.3 Å². The average molecular weight is 269 g/mol. The molecule has 0 aromatic heterocycles. The molecule has 2 nitrogen and oxygen atoms in total. The molecule has 5 heteroatoms. The minimum absolute atomic E-state index is 0.264. The topological polar surface area (TPSA) is 18.5 Å². The van der Waals surface area contributed by atoms with Gasteiger partial charge in [0.2, 0.25) is 0 Å². The molecule has 16 heavy (non-hydrogen) atoms. The third-order valence-corrected chi connectivity index (χ3v) is 14.1. The summed E-state index contributed by atoms with van der Waals surface area (Å²) in [5.74, 6) is 0. The van der Waals surface area contributed by atoms with Crippen LogP contribution in [0.3, 0.4) is 0 Å². The first-order valence-corrected chi connectivity index (χ1v) is 12.4. The first kappa shape index (κ1) is 12.3. The molecule has 1 aliphatic heterocycles. The fraction of sp³-hybridized carbons (Fsp3) is 0.455. The van der Waals surface area contributed by atoms with Crippen LogP contribution in [0.2, 0.25) is 6.04 Å². The summed E-state index contributed by atoms with van der Waals surface area (Å²) in [7, 11) is -1.61. The molecule has 0 aliphatic carbocycles. The van der Waals surface area contributed by atoms with Crippen molar-refractivity contribution in [3.8, 4) is 0 Å². The van der Waals surface area contributed by atoms with Gasteiger partial charge in [0.05, 0.1) is 0 Å². The van der Waals surface area contributed by atoms with E-state index in [2.05, 4.69) is 32.0 Å². The van der Waals surface area contributed by atoms with Crippen molar-refractivity contribution in [1.29, 1.82) is 0 Å². The van der Waals surface area contributed by atoms with E-state index >= 15 is 0 Å². The zero-order valence-corrected chi connectivity index (χ0v) is 14.1. The van der Waals surface area contributed by atoms with Crippen LogP contribution >= 0.6 is 0 Å². The Balaban J connectivity index is 1.91. The molecule has 0 bridgehead atoms. The zero-order chi connectivity index (χ0) is 11.4. The first-order chi connectivity index (χ1) is 7.77. The molecule has 2 rings (SSSR count). The SMILES string of the molecule is Cc1cccc([SiH2]O[SiH]2CCCO[SiH2]2)c1C. The summed E-state index contributed by atoms with van der Waals surface area (Å²) in [4.78, 5) is 0. The maximum Gasteiger partial charge on any atom is 0.178 e. The molecule has 0 spiro atoms. The minimum Gasteiger partial charge on any atom is -0.459 e. The molecule has 1 aromatic rings. The van der Waals surface area contributed by atoms with Crippen molar-refractivity contribution in [2.75, 3.05) is 6.61 Å². The number of hydrogen-bond donors (Lipinski definition) is 0. The standard InChI is InChI=1S/C11H20O2Si3/c1-9-5-3-6-11(10(9)2)14-13-16-8-4-7-12-15-16/h3,5-6,16H,4,7-8,14-15H2,1-2H3. The Morgan fingerprint density at radius 1 is 1.44 bits per heavy atom. The highest BCUT2D eigenvalue weighted by atomic mass is 29.2. The Morgan fingerprint density at radius 3 is 3.06 bits per heavy atom. The van der Waals surface area contributed by atoms with Crippen molar-refractivity contribution in [2.45, 2.75) is 26.3 Å². The number of hydrogen-bond acceptors (Lipinski definition) is 2. The molecule has 0 amide bonds. The van der Waals surface area contributed by atoms with Gasteiger partial charge in [0.15, 0.2) is 27.6 Å². The van der Waals surface area contributed by atoms with E-state index in [0.717, 1.165) is 6.61 Å². The third kappa shape index (κ3) is 3.14. The summed E-state index contributed by atoms with van der Waals surface area (Å²) < 4.78 is 11.8. The first-order valence-electron chi connectivity index (χ1n) is 6.02. The third-order valence-electron chi connectivity index (χ3n) is 3.31. The molecular formula is C11H20O2Si3. The fourth-order valence-electron chi connectivity index (χ4n) is 2.02. The van der Waals surface area contributed by atoms with E-state index in [1.54, 1.807) is 0 Å². The van der Waals surface area contributed by atoms with E-state index in [4.69, 9.17) is 8.54 Å². The fourth-order valence-corrected chi connectivity index (χ4v) is 11.5. The van der Waals surface area contributed by atoms with Gasteiger partial charge in [-0.05, 0) is 42.6 Å². The van der Waals surface area contributed by atoms with Crippen molar-refractivity contribution in [3.05, 3.63) is 29.3 Å². The van der Waals surface area contributed by atoms with E-state index in [-0.39, 0.29) is 9.28 Å². The Morgan fingerprint density at radius 2 is 2.31 bits per heavy atom. The van der Waals surface area contributed by atoms with Crippen LogP contribution in [0.25, 0.3) is 0 Å². The van der Waals surface area contributed by atoms with Gasteiger partial charge in [0, 0.05) is 6.61 Å². The molecule has 1 heterocycles. The predicted octanol–water partition coefficient (Wildman–Crippen LogP) is -0.246. The van der Waals surface area contributed by atoms with Gasteiger partial charge in [-0.25, -0.2) is 0 Å². The number of aryl methyl sites for hydroxylation is 1. The van der Waals surface area contributed by atoms with Crippen LogP contribution in [0.15, 0.2) is 18.2 Å². The molecule has 1 fully saturated rings. The molecule has 0 N–H and O–H groups in total. The minimum atomic E-state index is -0.854. The highest BCUT2D eigenvalue weighted by molar-refractivity contribution is 7.08. The second-order valence-electron chi connectivity index (χ2n) is 4.51. The second kappa shape index (κ2) is 5.92. The van der Waals surface area contributed by atoms with E-state index in [0.29, 0.717) is 0 Å². The van der Waals surface area contributed by atoms with Crippen LogP contribution in [0, 0.1) is 13.8 Å². The van der Waals surface area contributed by atoms with Gasteiger partial charge in [0.1, 0.15) is 0 Å². The maximum absolute atomic E-state index is 6.22. The normalized spacial score (nSPS) is 23.2. The summed E-state index contributed by atoms with van der Waals surface area (Å²) in [5, 5.41) is 1.49. The van der Waals surface area contributed by atoms with E-state index in [1.165, 1.54) is 28.8 Å². The summed E-state index contributed by atoms with van der Waals surface area (Å²) in [6.45, 7) is 5.41. The van der Waals surface area contributed by atoms with Gasteiger partial charge in [-0.1, -0.05) is 18.2 Å². The van der Waals surface area contributed by atoms with Crippen LogP contribution in [0.4, 0.5) is 0 Å². The summed E-state index contributed by atoms with van der Waals surface area (Å²) in [5.41, 5.74) is 2.84. The molecule has 1 aliphatic rings. The lowest BCUT2D eigenvalue weighted by molar-refractivity contribution is 0.328. The second-order valence-corrected chi connectivity index (χ2v) is 13.2. The number of benzene rings is 1. The molecule has 1 aromatic carbocycles. The van der Waals surface area contributed by atoms with Crippen molar-refractivity contribution < 1.29 is 8.54 Å². The van der Waals surface area contributed by atoms with Crippen LogP contribution < -0.4 is 5.19 Å². The quantitative estimate of drug-likeness (QED) is 0.704. The molecular weight excluding hydrogens is 248 g/mol. The molecule has 1 atom stereocenters. The summed E-state index contributed by atoms with van der Waals surface area (Å²) >= 11 is 0. The lowest BCUT2D eigenvalue weighted by Crippen LogP contribution is -2.37. The zero-order valence-electron chi connectivity index (χ0n) is 10.2. The van der Waals surface area contributed by atoms with Gasteiger partial charge in [0.25, 0.3) is 0 Å². The Labute approximate surface area is 104 Å². The van der Waals surface area contributed by atoms with Gasteiger partial charge >= 0.3 is 0 Å². The lowest BCUT2D eigenvalue weighted by Gasteiger charge is -2.21. The molecule has 1 unspecified atom stereocenters. The predicted molar refractivity (Wildman–Crippen MR) is 76.2 cm³/mol. The number of rotatable bonds is 3. The maximum atomic E-state index is 6.22. The monoisotopic (exact) mass is 268 g/mol. The molecule has 0 saturated carbocycles. The van der Waals surface area contributed by atoms with E-state index in [1.807, 2.05) is 0 Å². The Bertz CT molecular complexity index is 351. The average Bonchev–Trinajstić information content (AvgIpc) is 2.32.